The van der Waals surface area contributed by atoms with E-state index in [2.05, 4.69) is 5.32 Å². The quantitative estimate of drug-likeness (QED) is 0.927. The summed E-state index contributed by atoms with van der Waals surface area (Å²) in [6.07, 6.45) is 1.88. The number of thiophene rings is 1. The summed E-state index contributed by atoms with van der Waals surface area (Å²) in [6.45, 7) is 0. The fourth-order valence-corrected chi connectivity index (χ4v) is 3.17. The van der Waals surface area contributed by atoms with E-state index in [-0.39, 0.29) is 11.3 Å². The van der Waals surface area contributed by atoms with Crippen LogP contribution in [-0.4, -0.2) is 13.0 Å². The van der Waals surface area contributed by atoms with Gasteiger partial charge in [0.25, 0.3) is 0 Å². The SMILES string of the molecule is COc1ccc(NC(=O)C2(c3cccs3)CC2)cc1. The molecule has 0 spiro atoms. The summed E-state index contributed by atoms with van der Waals surface area (Å²) >= 11 is 1.66. The van der Waals surface area contributed by atoms with Crippen molar-refractivity contribution >= 4 is 22.9 Å². The van der Waals surface area contributed by atoms with E-state index in [1.54, 1.807) is 18.4 Å². The molecule has 1 saturated carbocycles. The zero-order chi connectivity index (χ0) is 13.3. The molecule has 0 bridgehead atoms. The van der Waals surface area contributed by atoms with Gasteiger partial charge in [-0.25, -0.2) is 0 Å². The van der Waals surface area contributed by atoms with E-state index in [1.165, 1.54) is 4.88 Å². The first-order valence-corrected chi connectivity index (χ1v) is 7.12. The van der Waals surface area contributed by atoms with Crippen LogP contribution in [0.15, 0.2) is 41.8 Å². The van der Waals surface area contributed by atoms with Gasteiger partial charge in [0, 0.05) is 10.6 Å². The van der Waals surface area contributed by atoms with Gasteiger partial charge in [-0.2, -0.15) is 0 Å². The Bertz CT molecular complexity index is 571. The number of ether oxygens (including phenoxy) is 1. The summed E-state index contributed by atoms with van der Waals surface area (Å²) < 4.78 is 5.10. The molecule has 1 aliphatic carbocycles. The Hall–Kier alpha value is -1.81. The fourth-order valence-electron chi connectivity index (χ4n) is 2.19. The minimum Gasteiger partial charge on any atom is -0.497 e. The molecular formula is C15H15NO2S. The van der Waals surface area contributed by atoms with Gasteiger partial charge in [-0.05, 0) is 48.6 Å². The van der Waals surface area contributed by atoms with Crippen molar-refractivity contribution in [2.75, 3.05) is 12.4 Å². The third kappa shape index (κ3) is 2.24. The topological polar surface area (TPSA) is 38.3 Å². The van der Waals surface area contributed by atoms with Crippen LogP contribution in [0.5, 0.6) is 5.75 Å². The molecule has 2 aromatic rings. The van der Waals surface area contributed by atoms with Crippen LogP contribution < -0.4 is 10.1 Å². The Morgan fingerprint density at radius 1 is 1.26 bits per heavy atom. The molecule has 0 unspecified atom stereocenters. The van der Waals surface area contributed by atoms with Crippen LogP contribution in [0.2, 0.25) is 0 Å². The highest BCUT2D eigenvalue weighted by molar-refractivity contribution is 7.10. The summed E-state index contributed by atoms with van der Waals surface area (Å²) in [5, 5.41) is 5.02. The minimum atomic E-state index is -0.284. The fraction of sp³-hybridized carbons (Fsp3) is 0.267. The van der Waals surface area contributed by atoms with Gasteiger partial charge in [-0.15, -0.1) is 11.3 Å². The molecule has 0 aliphatic heterocycles. The molecule has 0 radical (unpaired) electrons. The first-order chi connectivity index (χ1) is 9.24. The number of carbonyl (C=O) groups excluding carboxylic acids is 1. The lowest BCUT2D eigenvalue weighted by molar-refractivity contribution is -0.118. The summed E-state index contributed by atoms with van der Waals surface area (Å²) in [4.78, 5) is 13.6. The average molecular weight is 273 g/mol. The van der Waals surface area contributed by atoms with E-state index in [1.807, 2.05) is 41.8 Å². The average Bonchev–Trinajstić information content (AvgIpc) is 3.07. The van der Waals surface area contributed by atoms with E-state index in [4.69, 9.17) is 4.74 Å². The minimum absolute atomic E-state index is 0.0973. The van der Waals surface area contributed by atoms with E-state index >= 15 is 0 Å². The maximum atomic E-state index is 12.4. The monoisotopic (exact) mass is 273 g/mol. The molecule has 0 atom stereocenters. The summed E-state index contributed by atoms with van der Waals surface area (Å²) in [7, 11) is 1.63. The molecule has 1 aromatic carbocycles. The Labute approximate surface area is 116 Å². The second kappa shape index (κ2) is 4.70. The van der Waals surface area contributed by atoms with Crippen molar-refractivity contribution < 1.29 is 9.53 Å². The highest BCUT2D eigenvalue weighted by Crippen LogP contribution is 2.50. The summed E-state index contributed by atoms with van der Waals surface area (Å²) in [5.74, 6) is 0.887. The Morgan fingerprint density at radius 2 is 2.00 bits per heavy atom. The van der Waals surface area contributed by atoms with Crippen LogP contribution in [0.1, 0.15) is 17.7 Å². The predicted molar refractivity (Wildman–Crippen MR) is 76.9 cm³/mol. The van der Waals surface area contributed by atoms with E-state index in [0.717, 1.165) is 24.3 Å². The highest BCUT2D eigenvalue weighted by Gasteiger charge is 2.52. The molecule has 0 saturated heterocycles. The van der Waals surface area contributed by atoms with Crippen LogP contribution in [0.3, 0.4) is 0 Å². The first kappa shape index (κ1) is 12.2. The number of hydrogen-bond donors (Lipinski definition) is 1. The maximum Gasteiger partial charge on any atom is 0.235 e. The molecule has 1 heterocycles. The van der Waals surface area contributed by atoms with Gasteiger partial charge in [0.1, 0.15) is 5.75 Å². The molecule has 3 nitrogen and oxygen atoms in total. The normalized spacial score (nSPS) is 15.8. The number of methoxy groups -OCH3 is 1. The molecule has 1 N–H and O–H groups in total. The zero-order valence-corrected chi connectivity index (χ0v) is 11.5. The lowest BCUT2D eigenvalue weighted by Gasteiger charge is -2.14. The number of benzene rings is 1. The standard InChI is InChI=1S/C15H15NO2S/c1-18-12-6-4-11(5-7-12)16-14(17)15(8-9-15)13-3-2-10-19-13/h2-7,10H,8-9H2,1H3,(H,16,17). The van der Waals surface area contributed by atoms with Crippen LogP contribution in [0.4, 0.5) is 5.69 Å². The largest absolute Gasteiger partial charge is 0.497 e. The first-order valence-electron chi connectivity index (χ1n) is 6.24. The number of anilines is 1. The molecular weight excluding hydrogens is 258 g/mol. The Kier molecular flexibility index (Phi) is 3.03. The maximum absolute atomic E-state index is 12.4. The van der Waals surface area contributed by atoms with Gasteiger partial charge < -0.3 is 10.1 Å². The van der Waals surface area contributed by atoms with Crippen LogP contribution in [0.25, 0.3) is 0 Å². The molecule has 3 rings (SSSR count). The third-order valence-electron chi connectivity index (χ3n) is 3.53. The van der Waals surface area contributed by atoms with Crippen LogP contribution in [0, 0.1) is 0 Å². The number of nitrogens with one attached hydrogen (secondary N) is 1. The second-order valence-electron chi connectivity index (χ2n) is 4.74. The molecule has 1 fully saturated rings. The lowest BCUT2D eigenvalue weighted by Crippen LogP contribution is -2.26. The summed E-state index contributed by atoms with van der Waals surface area (Å²) in [5.41, 5.74) is 0.530. The molecule has 1 amide bonds. The lowest BCUT2D eigenvalue weighted by atomic mass is 10.0. The molecule has 1 aliphatic rings. The van der Waals surface area contributed by atoms with Crippen molar-refractivity contribution in [2.45, 2.75) is 18.3 Å². The third-order valence-corrected chi connectivity index (χ3v) is 4.60. The van der Waals surface area contributed by atoms with Crippen LogP contribution in [-0.2, 0) is 10.2 Å². The van der Waals surface area contributed by atoms with E-state index in [0.29, 0.717) is 0 Å². The Balaban J connectivity index is 1.74. The van der Waals surface area contributed by atoms with Crippen LogP contribution >= 0.6 is 11.3 Å². The molecule has 4 heteroatoms. The van der Waals surface area contributed by atoms with Gasteiger partial charge in [0.15, 0.2) is 0 Å². The van der Waals surface area contributed by atoms with Gasteiger partial charge >= 0.3 is 0 Å². The zero-order valence-electron chi connectivity index (χ0n) is 10.7. The Morgan fingerprint density at radius 3 is 2.53 bits per heavy atom. The second-order valence-corrected chi connectivity index (χ2v) is 5.69. The number of carbonyl (C=O) groups is 1. The molecule has 98 valence electrons. The smallest absolute Gasteiger partial charge is 0.235 e. The van der Waals surface area contributed by atoms with Gasteiger partial charge in [-0.1, -0.05) is 6.07 Å². The summed E-state index contributed by atoms with van der Waals surface area (Å²) in [6, 6.07) is 11.5. The van der Waals surface area contributed by atoms with Gasteiger partial charge in [0.2, 0.25) is 5.91 Å². The molecule has 1 aromatic heterocycles. The van der Waals surface area contributed by atoms with E-state index < -0.39 is 0 Å². The van der Waals surface area contributed by atoms with Gasteiger partial charge in [0.05, 0.1) is 12.5 Å². The van der Waals surface area contributed by atoms with Crippen molar-refractivity contribution in [3.8, 4) is 5.75 Å². The van der Waals surface area contributed by atoms with Crippen molar-refractivity contribution in [3.63, 3.8) is 0 Å². The van der Waals surface area contributed by atoms with Gasteiger partial charge in [-0.3, -0.25) is 4.79 Å². The molecule has 19 heavy (non-hydrogen) atoms. The van der Waals surface area contributed by atoms with E-state index in [9.17, 15) is 4.79 Å². The van der Waals surface area contributed by atoms with Crippen molar-refractivity contribution in [3.05, 3.63) is 46.7 Å². The van der Waals surface area contributed by atoms with Crippen molar-refractivity contribution in [1.29, 1.82) is 0 Å². The number of hydrogen-bond acceptors (Lipinski definition) is 3. The highest BCUT2D eigenvalue weighted by atomic mass is 32.1. The van der Waals surface area contributed by atoms with Crippen molar-refractivity contribution in [1.82, 2.24) is 0 Å². The number of rotatable bonds is 4. The number of amides is 1. The van der Waals surface area contributed by atoms with Crippen molar-refractivity contribution in [2.24, 2.45) is 0 Å². The predicted octanol–water partition coefficient (Wildman–Crippen LogP) is 3.43.